The minimum atomic E-state index is -3.03. The van der Waals surface area contributed by atoms with Gasteiger partial charge in [0.2, 0.25) is 0 Å². The van der Waals surface area contributed by atoms with Crippen molar-refractivity contribution in [3.8, 4) is 5.75 Å². The summed E-state index contributed by atoms with van der Waals surface area (Å²) in [5.74, 6) is -1.04. The molecule has 0 aliphatic heterocycles. The van der Waals surface area contributed by atoms with Gasteiger partial charge in [-0.05, 0) is 6.07 Å². The molecule has 1 atom stereocenters. The highest BCUT2D eigenvalue weighted by Crippen LogP contribution is 2.27. The lowest BCUT2D eigenvalue weighted by molar-refractivity contribution is -0.385. The summed E-state index contributed by atoms with van der Waals surface area (Å²) in [6, 6.07) is 3.73. The molecule has 1 rings (SSSR count). The standard InChI is InChI=1S/C11H12F2N2O5/c1-20-8-4-2-3-6(15(18)19)9(8)11(17)14-5-7(16)10(12)13/h2-4,7,10,16H,5H2,1H3,(H,14,17). The number of carbonyl (C=O) groups excluding carboxylic acids is 1. The maximum atomic E-state index is 12.1. The van der Waals surface area contributed by atoms with E-state index in [0.29, 0.717) is 0 Å². The zero-order valence-electron chi connectivity index (χ0n) is 10.4. The third-order valence-electron chi connectivity index (χ3n) is 2.41. The molecule has 20 heavy (non-hydrogen) atoms. The molecule has 0 aromatic heterocycles. The lowest BCUT2D eigenvalue weighted by Gasteiger charge is -2.12. The van der Waals surface area contributed by atoms with E-state index in [1.54, 1.807) is 0 Å². The molecule has 1 unspecified atom stereocenters. The summed E-state index contributed by atoms with van der Waals surface area (Å²) >= 11 is 0. The predicted molar refractivity (Wildman–Crippen MR) is 64.0 cm³/mol. The lowest BCUT2D eigenvalue weighted by atomic mass is 10.1. The number of benzene rings is 1. The number of aliphatic hydroxyl groups excluding tert-OH is 1. The van der Waals surface area contributed by atoms with Crippen LogP contribution in [0.15, 0.2) is 18.2 Å². The van der Waals surface area contributed by atoms with E-state index in [0.717, 1.165) is 6.07 Å². The summed E-state index contributed by atoms with van der Waals surface area (Å²) < 4.78 is 29.0. The molecule has 2 N–H and O–H groups in total. The Morgan fingerprint density at radius 3 is 2.70 bits per heavy atom. The fourth-order valence-electron chi connectivity index (χ4n) is 1.44. The molecule has 0 spiro atoms. The third-order valence-corrected chi connectivity index (χ3v) is 2.41. The summed E-state index contributed by atoms with van der Waals surface area (Å²) in [6.07, 6.45) is -5.07. The Hall–Kier alpha value is -2.29. The summed E-state index contributed by atoms with van der Waals surface area (Å²) in [5, 5.41) is 21.7. The van der Waals surface area contributed by atoms with Crippen LogP contribution in [0.4, 0.5) is 14.5 Å². The van der Waals surface area contributed by atoms with E-state index in [4.69, 9.17) is 9.84 Å². The number of alkyl halides is 2. The van der Waals surface area contributed by atoms with Crippen LogP contribution in [0.1, 0.15) is 10.4 Å². The zero-order chi connectivity index (χ0) is 15.3. The van der Waals surface area contributed by atoms with Crippen LogP contribution in [-0.4, -0.2) is 42.1 Å². The summed E-state index contributed by atoms with van der Waals surface area (Å²) in [7, 11) is 1.21. The van der Waals surface area contributed by atoms with Gasteiger partial charge in [0.25, 0.3) is 18.0 Å². The summed E-state index contributed by atoms with van der Waals surface area (Å²) in [4.78, 5) is 21.9. The first-order chi connectivity index (χ1) is 9.38. The molecule has 1 amide bonds. The van der Waals surface area contributed by atoms with Gasteiger partial charge in [-0.15, -0.1) is 0 Å². The maximum absolute atomic E-state index is 12.1. The van der Waals surface area contributed by atoms with Crippen LogP contribution >= 0.6 is 0 Å². The molecule has 0 fully saturated rings. The molecule has 0 heterocycles. The van der Waals surface area contributed by atoms with Crippen LogP contribution in [0.3, 0.4) is 0 Å². The van der Waals surface area contributed by atoms with Gasteiger partial charge in [-0.3, -0.25) is 14.9 Å². The van der Waals surface area contributed by atoms with Gasteiger partial charge in [-0.2, -0.15) is 0 Å². The number of hydrogen-bond acceptors (Lipinski definition) is 5. The molecule has 7 nitrogen and oxygen atoms in total. The molecule has 110 valence electrons. The Bertz CT molecular complexity index is 510. The van der Waals surface area contributed by atoms with E-state index in [-0.39, 0.29) is 11.3 Å². The number of methoxy groups -OCH3 is 1. The molecular formula is C11H12F2N2O5. The average molecular weight is 290 g/mol. The second-order valence-corrected chi connectivity index (χ2v) is 3.72. The number of ether oxygens (including phenoxy) is 1. The summed E-state index contributed by atoms with van der Waals surface area (Å²) in [6.45, 7) is -0.730. The molecule has 0 aliphatic carbocycles. The number of nitro benzene ring substituents is 1. The number of aliphatic hydroxyl groups is 1. The van der Waals surface area contributed by atoms with Gasteiger partial charge in [0, 0.05) is 12.6 Å². The zero-order valence-corrected chi connectivity index (χ0v) is 10.4. The number of hydrogen-bond donors (Lipinski definition) is 2. The highest BCUT2D eigenvalue weighted by atomic mass is 19.3. The number of rotatable bonds is 6. The Labute approximate surface area is 112 Å². The number of amides is 1. The SMILES string of the molecule is COc1cccc([N+](=O)[O-])c1C(=O)NCC(O)C(F)F. The molecule has 1 aromatic carbocycles. The van der Waals surface area contributed by atoms with Crippen molar-refractivity contribution >= 4 is 11.6 Å². The fraction of sp³-hybridized carbons (Fsp3) is 0.364. The number of halogens is 2. The van der Waals surface area contributed by atoms with Gasteiger partial charge in [-0.25, -0.2) is 8.78 Å². The Kier molecular flexibility index (Phi) is 5.32. The van der Waals surface area contributed by atoms with Gasteiger partial charge in [0.15, 0.2) is 5.56 Å². The van der Waals surface area contributed by atoms with Crippen molar-refractivity contribution in [3.63, 3.8) is 0 Å². The van der Waals surface area contributed by atoms with Gasteiger partial charge < -0.3 is 15.2 Å². The van der Waals surface area contributed by atoms with E-state index >= 15 is 0 Å². The highest BCUT2D eigenvalue weighted by Gasteiger charge is 2.26. The highest BCUT2D eigenvalue weighted by molar-refractivity contribution is 6.00. The third kappa shape index (κ3) is 3.60. The molecular weight excluding hydrogens is 278 g/mol. The minimum Gasteiger partial charge on any atom is -0.496 e. The van der Waals surface area contributed by atoms with Crippen LogP contribution in [0, 0.1) is 10.1 Å². The lowest BCUT2D eigenvalue weighted by Crippen LogP contribution is -2.36. The van der Waals surface area contributed by atoms with E-state index in [1.807, 2.05) is 5.32 Å². The van der Waals surface area contributed by atoms with Crippen molar-refractivity contribution in [2.24, 2.45) is 0 Å². The average Bonchev–Trinajstić information content (AvgIpc) is 2.42. The number of nitrogens with one attached hydrogen (secondary N) is 1. The van der Waals surface area contributed by atoms with Crippen molar-refractivity contribution in [1.82, 2.24) is 5.32 Å². The summed E-state index contributed by atoms with van der Waals surface area (Å²) in [5.41, 5.74) is -0.908. The van der Waals surface area contributed by atoms with Crippen LogP contribution in [0.5, 0.6) is 5.75 Å². The minimum absolute atomic E-state index is 0.0664. The van der Waals surface area contributed by atoms with E-state index < -0.39 is 35.6 Å². The normalized spacial score (nSPS) is 12.1. The van der Waals surface area contributed by atoms with Crippen LogP contribution in [0.25, 0.3) is 0 Å². The first-order valence-electron chi connectivity index (χ1n) is 5.44. The Morgan fingerprint density at radius 1 is 1.55 bits per heavy atom. The molecule has 0 saturated heterocycles. The largest absolute Gasteiger partial charge is 0.496 e. The first kappa shape index (κ1) is 15.8. The Balaban J connectivity index is 2.99. The number of nitrogens with zero attached hydrogens (tertiary/aromatic N) is 1. The van der Waals surface area contributed by atoms with Crippen LogP contribution in [-0.2, 0) is 0 Å². The fourth-order valence-corrected chi connectivity index (χ4v) is 1.44. The van der Waals surface area contributed by atoms with Crippen molar-refractivity contribution in [2.45, 2.75) is 12.5 Å². The molecule has 0 aliphatic rings. The smallest absolute Gasteiger partial charge is 0.285 e. The van der Waals surface area contributed by atoms with Crippen molar-refractivity contribution < 1.29 is 28.3 Å². The van der Waals surface area contributed by atoms with Crippen molar-refractivity contribution in [3.05, 3.63) is 33.9 Å². The molecule has 0 radical (unpaired) electrons. The molecule has 9 heteroatoms. The second-order valence-electron chi connectivity index (χ2n) is 3.72. The van der Waals surface area contributed by atoms with Crippen LogP contribution in [0.2, 0.25) is 0 Å². The second kappa shape index (κ2) is 6.75. The molecule has 1 aromatic rings. The van der Waals surface area contributed by atoms with E-state index in [1.165, 1.54) is 19.2 Å². The number of carbonyl (C=O) groups is 1. The maximum Gasteiger partial charge on any atom is 0.285 e. The first-order valence-corrected chi connectivity index (χ1v) is 5.44. The topological polar surface area (TPSA) is 102 Å². The van der Waals surface area contributed by atoms with Crippen LogP contribution < -0.4 is 10.1 Å². The monoisotopic (exact) mass is 290 g/mol. The van der Waals surface area contributed by atoms with E-state index in [2.05, 4.69) is 0 Å². The Morgan fingerprint density at radius 2 is 2.20 bits per heavy atom. The molecule has 0 saturated carbocycles. The van der Waals surface area contributed by atoms with Crippen molar-refractivity contribution in [2.75, 3.05) is 13.7 Å². The van der Waals surface area contributed by atoms with Crippen molar-refractivity contribution in [1.29, 1.82) is 0 Å². The van der Waals surface area contributed by atoms with Gasteiger partial charge in [0.05, 0.1) is 12.0 Å². The van der Waals surface area contributed by atoms with Gasteiger partial charge in [0.1, 0.15) is 11.9 Å². The van der Waals surface area contributed by atoms with Gasteiger partial charge in [-0.1, -0.05) is 6.07 Å². The predicted octanol–water partition coefficient (Wildman–Crippen LogP) is 0.959. The van der Waals surface area contributed by atoms with E-state index in [9.17, 15) is 23.7 Å². The molecule has 0 bridgehead atoms. The number of nitro groups is 1. The van der Waals surface area contributed by atoms with Gasteiger partial charge >= 0.3 is 0 Å². The quantitative estimate of drug-likeness (QED) is 0.600.